The molecule has 0 unspecified atom stereocenters. The van der Waals surface area contributed by atoms with Crippen molar-refractivity contribution in [1.82, 2.24) is 9.97 Å². The number of nitrogens with one attached hydrogen (secondary N) is 1. The third-order valence-electron chi connectivity index (χ3n) is 2.39. The normalized spacial score (nSPS) is 10.2. The lowest BCUT2D eigenvalue weighted by atomic mass is 10.2. The van der Waals surface area contributed by atoms with Crippen molar-refractivity contribution in [3.8, 4) is 0 Å². The van der Waals surface area contributed by atoms with Crippen molar-refractivity contribution < 1.29 is 14.1 Å². The van der Waals surface area contributed by atoms with Crippen LogP contribution in [0.15, 0.2) is 24.5 Å². The van der Waals surface area contributed by atoms with Crippen molar-refractivity contribution in [2.24, 2.45) is 0 Å². The number of anilines is 1. The molecule has 0 radical (unpaired) electrons. The number of nitro benzene ring substituents is 1. The fourth-order valence-electron chi connectivity index (χ4n) is 1.41. The van der Waals surface area contributed by atoms with Gasteiger partial charge in [-0.25, -0.2) is 9.97 Å². The Hall–Kier alpha value is -2.32. The monoisotopic (exact) mass is 330 g/mol. The molecule has 2 rings (SSSR count). The van der Waals surface area contributed by atoms with Crippen LogP contribution in [0.5, 0.6) is 0 Å². The molecule has 0 aliphatic heterocycles. The van der Waals surface area contributed by atoms with E-state index in [1.807, 2.05) is 0 Å². The third-order valence-corrected chi connectivity index (χ3v) is 3.13. The van der Waals surface area contributed by atoms with Gasteiger partial charge in [0.05, 0.1) is 4.92 Å². The minimum absolute atomic E-state index is 0.0552. The Labute approximate surface area is 126 Å². The van der Waals surface area contributed by atoms with E-state index in [1.54, 1.807) is 0 Å². The molecule has 1 heterocycles. The highest BCUT2D eigenvalue weighted by atomic mass is 35.5. The molecule has 0 aliphatic carbocycles. The molecule has 1 amide bonds. The van der Waals surface area contributed by atoms with Crippen molar-refractivity contribution in [1.29, 1.82) is 0 Å². The molecule has 21 heavy (non-hydrogen) atoms. The summed E-state index contributed by atoms with van der Waals surface area (Å²) in [6.07, 6.45) is 1.08. The predicted octanol–water partition coefficient (Wildman–Crippen LogP) is 3.08. The van der Waals surface area contributed by atoms with Crippen molar-refractivity contribution in [3.63, 3.8) is 0 Å². The van der Waals surface area contributed by atoms with Gasteiger partial charge in [-0.1, -0.05) is 23.2 Å². The zero-order valence-electron chi connectivity index (χ0n) is 10.0. The number of nitro groups is 1. The van der Waals surface area contributed by atoms with E-state index in [4.69, 9.17) is 23.2 Å². The maximum Gasteiger partial charge on any atom is 0.304 e. The van der Waals surface area contributed by atoms with Crippen LogP contribution in [0.2, 0.25) is 10.2 Å². The number of carbonyl (C=O) groups is 1. The van der Waals surface area contributed by atoms with Gasteiger partial charge in [-0.3, -0.25) is 14.9 Å². The first kappa shape index (κ1) is 15.1. The van der Waals surface area contributed by atoms with Gasteiger partial charge >= 0.3 is 5.69 Å². The van der Waals surface area contributed by atoms with Gasteiger partial charge in [0.25, 0.3) is 5.91 Å². The zero-order chi connectivity index (χ0) is 15.6. The summed E-state index contributed by atoms with van der Waals surface area (Å²) >= 11 is 11.4. The molecular formula is C11H5Cl2FN4O3. The first-order valence-electron chi connectivity index (χ1n) is 5.31. The minimum atomic E-state index is -1.13. The maximum atomic E-state index is 13.4. The molecule has 7 nitrogen and oxygen atoms in total. The summed E-state index contributed by atoms with van der Waals surface area (Å²) < 4.78 is 13.4. The van der Waals surface area contributed by atoms with Crippen LogP contribution < -0.4 is 5.32 Å². The van der Waals surface area contributed by atoms with Gasteiger partial charge in [0, 0.05) is 11.6 Å². The summed E-state index contributed by atoms with van der Waals surface area (Å²) in [6.45, 7) is 0. The van der Waals surface area contributed by atoms with Gasteiger partial charge in [0.2, 0.25) is 5.82 Å². The fraction of sp³-hybridized carbons (Fsp3) is 0. The molecule has 108 valence electrons. The molecule has 0 bridgehead atoms. The molecule has 0 saturated heterocycles. The van der Waals surface area contributed by atoms with E-state index in [9.17, 15) is 19.3 Å². The summed E-state index contributed by atoms with van der Waals surface area (Å²) in [4.78, 5) is 28.8. The van der Waals surface area contributed by atoms with Crippen LogP contribution >= 0.6 is 23.2 Å². The van der Waals surface area contributed by atoms with Gasteiger partial charge in [0.1, 0.15) is 11.3 Å². The van der Waals surface area contributed by atoms with Gasteiger partial charge in [-0.15, -0.1) is 0 Å². The second kappa shape index (κ2) is 5.98. The number of benzene rings is 1. The van der Waals surface area contributed by atoms with E-state index in [1.165, 1.54) is 0 Å². The highest BCUT2D eigenvalue weighted by molar-refractivity contribution is 6.43. The lowest BCUT2D eigenvalue weighted by molar-refractivity contribution is -0.387. The minimum Gasteiger partial charge on any atom is -0.305 e. The summed E-state index contributed by atoms with van der Waals surface area (Å²) in [6, 6.07) is 2.73. The Morgan fingerprint density at radius 2 is 2.05 bits per heavy atom. The average molecular weight is 331 g/mol. The van der Waals surface area contributed by atoms with Crippen LogP contribution in [0.1, 0.15) is 10.4 Å². The maximum absolute atomic E-state index is 13.4. The van der Waals surface area contributed by atoms with Gasteiger partial charge in [-0.2, -0.15) is 4.39 Å². The van der Waals surface area contributed by atoms with Crippen LogP contribution in [0.4, 0.5) is 15.9 Å². The highest BCUT2D eigenvalue weighted by Crippen LogP contribution is 2.26. The van der Waals surface area contributed by atoms with Gasteiger partial charge in [0.15, 0.2) is 11.0 Å². The third kappa shape index (κ3) is 3.23. The molecule has 2 aromatic rings. The van der Waals surface area contributed by atoms with Gasteiger partial charge in [-0.05, 0) is 12.1 Å². The number of amides is 1. The summed E-state index contributed by atoms with van der Waals surface area (Å²) in [5.74, 6) is -1.93. The van der Waals surface area contributed by atoms with Crippen molar-refractivity contribution in [2.75, 3.05) is 5.32 Å². The first-order valence-corrected chi connectivity index (χ1v) is 6.07. The van der Waals surface area contributed by atoms with Crippen LogP contribution in [0, 0.1) is 15.9 Å². The first-order chi connectivity index (χ1) is 9.90. The molecule has 0 aliphatic rings. The standard InChI is InChI=1S/C11H5Cl2FN4O3/c12-8-9(13)15-4-16-10(8)17-11(19)5-1-2-7(18(20)21)6(14)3-5/h1-4H,(H,15,16,17,19). The topological polar surface area (TPSA) is 98.0 Å². The van der Waals surface area contributed by atoms with E-state index in [0.29, 0.717) is 0 Å². The molecule has 10 heteroatoms. The highest BCUT2D eigenvalue weighted by Gasteiger charge is 2.18. The number of halogens is 3. The van der Waals surface area contributed by atoms with Crippen LogP contribution in [-0.2, 0) is 0 Å². The Balaban J connectivity index is 2.27. The smallest absolute Gasteiger partial charge is 0.304 e. The van der Waals surface area contributed by atoms with E-state index >= 15 is 0 Å². The Morgan fingerprint density at radius 3 is 2.67 bits per heavy atom. The lowest BCUT2D eigenvalue weighted by Crippen LogP contribution is -2.14. The molecule has 1 aromatic heterocycles. The summed E-state index contributed by atoms with van der Waals surface area (Å²) in [5.41, 5.74) is -0.862. The molecular weight excluding hydrogens is 326 g/mol. The van der Waals surface area contributed by atoms with Crippen molar-refractivity contribution >= 4 is 40.6 Å². The SMILES string of the molecule is O=C(Nc1ncnc(Cl)c1Cl)c1ccc([N+](=O)[O-])c(F)c1. The Kier molecular flexibility index (Phi) is 4.29. The quantitative estimate of drug-likeness (QED) is 0.529. The number of hydrogen-bond acceptors (Lipinski definition) is 5. The number of hydrogen-bond donors (Lipinski definition) is 1. The van der Waals surface area contributed by atoms with E-state index in [-0.39, 0.29) is 21.6 Å². The van der Waals surface area contributed by atoms with Gasteiger partial charge < -0.3 is 5.32 Å². The average Bonchev–Trinajstić information content (AvgIpc) is 2.43. The van der Waals surface area contributed by atoms with Crippen molar-refractivity contribution in [3.05, 3.63) is 56.2 Å². The summed E-state index contributed by atoms with van der Waals surface area (Å²) in [5, 5.41) is 12.7. The molecule has 0 spiro atoms. The number of carbonyl (C=O) groups excluding carboxylic acids is 1. The molecule has 0 fully saturated rings. The fourth-order valence-corrected chi connectivity index (χ4v) is 1.69. The number of rotatable bonds is 3. The van der Waals surface area contributed by atoms with E-state index in [0.717, 1.165) is 24.5 Å². The second-order valence-electron chi connectivity index (χ2n) is 3.70. The van der Waals surface area contributed by atoms with Crippen LogP contribution in [0.3, 0.4) is 0 Å². The van der Waals surface area contributed by atoms with Crippen molar-refractivity contribution in [2.45, 2.75) is 0 Å². The molecule has 1 N–H and O–H groups in total. The lowest BCUT2D eigenvalue weighted by Gasteiger charge is -2.06. The van der Waals surface area contributed by atoms with Crippen LogP contribution in [-0.4, -0.2) is 20.8 Å². The predicted molar refractivity (Wildman–Crippen MR) is 73.1 cm³/mol. The second-order valence-corrected chi connectivity index (χ2v) is 4.44. The van der Waals surface area contributed by atoms with E-state index in [2.05, 4.69) is 15.3 Å². The number of nitrogens with zero attached hydrogens (tertiary/aromatic N) is 3. The zero-order valence-corrected chi connectivity index (χ0v) is 11.5. The molecule has 0 saturated carbocycles. The largest absolute Gasteiger partial charge is 0.305 e. The Bertz CT molecular complexity index is 741. The van der Waals surface area contributed by atoms with Crippen LogP contribution in [0.25, 0.3) is 0 Å². The molecule has 1 aromatic carbocycles. The van der Waals surface area contributed by atoms with E-state index < -0.39 is 22.3 Å². The number of aromatic nitrogens is 2. The summed E-state index contributed by atoms with van der Waals surface area (Å²) in [7, 11) is 0. The molecule has 0 atom stereocenters. The Morgan fingerprint density at radius 1 is 1.33 bits per heavy atom.